The first kappa shape index (κ1) is 14.3. The smallest absolute Gasteiger partial charge is 0.341 e. The Labute approximate surface area is 114 Å². The number of carbonyl (C=O) groups is 2. The Kier molecular flexibility index (Phi) is 5.00. The Morgan fingerprint density at radius 2 is 2.06 bits per heavy atom. The van der Waals surface area contributed by atoms with Crippen molar-refractivity contribution >= 4 is 23.1 Å². The van der Waals surface area contributed by atoms with E-state index in [-0.39, 0.29) is 30.3 Å². The molecule has 2 aromatic heterocycles. The summed E-state index contributed by atoms with van der Waals surface area (Å²) in [5.41, 5.74) is 0.173. The summed E-state index contributed by atoms with van der Waals surface area (Å²) in [7, 11) is 0. The molecule has 94 valence electrons. The Bertz CT molecular complexity index is 554. The molecule has 0 atom stereocenters. The minimum atomic E-state index is -0.997. The number of thiophene rings is 1. The van der Waals surface area contributed by atoms with E-state index in [1.807, 2.05) is 11.4 Å². The van der Waals surface area contributed by atoms with Crippen molar-refractivity contribution in [3.05, 3.63) is 52.5 Å². The highest BCUT2D eigenvalue weighted by atomic mass is 35.5. The van der Waals surface area contributed by atoms with Crippen LogP contribution in [0.1, 0.15) is 20.0 Å². The van der Waals surface area contributed by atoms with Gasteiger partial charge in [-0.1, -0.05) is 6.07 Å². The molecule has 0 spiro atoms. The lowest BCUT2D eigenvalue weighted by atomic mass is 10.2. The van der Waals surface area contributed by atoms with Gasteiger partial charge in [-0.05, 0) is 17.5 Å². The van der Waals surface area contributed by atoms with Crippen LogP contribution in [0, 0.1) is 0 Å². The summed E-state index contributed by atoms with van der Waals surface area (Å²) in [4.78, 5) is 23.2. The van der Waals surface area contributed by atoms with E-state index in [9.17, 15) is 9.59 Å². The minimum Gasteiger partial charge on any atom is -1.00 e. The maximum atomic E-state index is 11.8. The van der Waals surface area contributed by atoms with Gasteiger partial charge in [-0.25, -0.2) is 4.79 Å². The standard InChI is InChI=1S/C12H9NO3S.ClH/c14-10(11-4-2-6-17-11)8-13-5-1-3-9(7-13)12(15)16;/h1-7H,8H2;1H. The van der Waals surface area contributed by atoms with E-state index in [0.717, 1.165) is 0 Å². The molecular formula is C12H10ClNO3S. The second kappa shape index (κ2) is 6.28. The number of rotatable bonds is 4. The number of nitrogens with zero attached hydrogens (tertiary/aromatic N) is 1. The molecule has 0 saturated carbocycles. The van der Waals surface area contributed by atoms with Gasteiger partial charge in [0.1, 0.15) is 5.56 Å². The van der Waals surface area contributed by atoms with Crippen molar-refractivity contribution in [1.29, 1.82) is 0 Å². The van der Waals surface area contributed by atoms with Gasteiger partial charge < -0.3 is 17.5 Å². The van der Waals surface area contributed by atoms with Crippen molar-refractivity contribution < 1.29 is 31.7 Å². The predicted octanol–water partition coefficient (Wildman–Crippen LogP) is -1.38. The second-order valence-corrected chi connectivity index (χ2v) is 4.42. The van der Waals surface area contributed by atoms with Gasteiger partial charge in [0.15, 0.2) is 12.4 Å². The van der Waals surface area contributed by atoms with E-state index < -0.39 is 5.97 Å². The quantitative estimate of drug-likeness (QED) is 0.556. The molecule has 0 unspecified atom stereocenters. The third-order valence-electron chi connectivity index (χ3n) is 2.23. The number of aromatic carboxylic acids is 1. The van der Waals surface area contributed by atoms with Gasteiger partial charge in [0.05, 0.1) is 4.88 Å². The van der Waals surface area contributed by atoms with Crippen LogP contribution in [0.4, 0.5) is 0 Å². The molecule has 0 aliphatic carbocycles. The van der Waals surface area contributed by atoms with Crippen LogP contribution >= 0.6 is 11.3 Å². The van der Waals surface area contributed by atoms with E-state index in [4.69, 9.17) is 5.11 Å². The Morgan fingerprint density at radius 3 is 2.67 bits per heavy atom. The molecule has 0 bridgehead atoms. The van der Waals surface area contributed by atoms with Gasteiger partial charge in [-0.3, -0.25) is 4.79 Å². The molecular weight excluding hydrogens is 274 g/mol. The molecule has 6 heteroatoms. The SMILES string of the molecule is O=C(O)c1ccc[n+](CC(=O)c2cccs2)c1.[Cl-]. The van der Waals surface area contributed by atoms with Crippen LogP contribution in [0.15, 0.2) is 42.0 Å². The molecule has 0 saturated heterocycles. The maximum absolute atomic E-state index is 11.8. The third kappa shape index (κ3) is 3.38. The first-order valence-corrected chi connectivity index (χ1v) is 5.84. The number of pyridine rings is 1. The number of halogens is 1. The van der Waals surface area contributed by atoms with Crippen LogP contribution in [0.2, 0.25) is 0 Å². The average Bonchev–Trinajstić information content (AvgIpc) is 2.82. The Morgan fingerprint density at radius 1 is 1.28 bits per heavy atom. The number of aromatic nitrogens is 1. The van der Waals surface area contributed by atoms with Crippen LogP contribution in [-0.2, 0) is 6.54 Å². The summed E-state index contributed by atoms with van der Waals surface area (Å²) in [5.74, 6) is -1.02. The first-order valence-electron chi connectivity index (χ1n) is 4.96. The molecule has 0 aliphatic rings. The molecule has 2 heterocycles. The molecule has 0 radical (unpaired) electrons. The lowest BCUT2D eigenvalue weighted by Gasteiger charge is -1.96. The summed E-state index contributed by atoms with van der Waals surface area (Å²) < 4.78 is 1.57. The highest BCUT2D eigenvalue weighted by molar-refractivity contribution is 7.12. The number of hydrogen-bond acceptors (Lipinski definition) is 3. The number of carbonyl (C=O) groups excluding carboxylic acids is 1. The van der Waals surface area contributed by atoms with E-state index in [2.05, 4.69) is 0 Å². The van der Waals surface area contributed by atoms with Crippen LogP contribution in [-0.4, -0.2) is 16.9 Å². The number of carboxylic acids is 1. The largest absolute Gasteiger partial charge is 1.00 e. The molecule has 0 aliphatic heterocycles. The average molecular weight is 284 g/mol. The van der Waals surface area contributed by atoms with E-state index >= 15 is 0 Å². The molecule has 0 amide bonds. The summed E-state index contributed by atoms with van der Waals surface area (Å²) in [6, 6.07) is 6.68. The van der Waals surface area contributed by atoms with Crippen molar-refractivity contribution in [2.75, 3.05) is 0 Å². The molecule has 2 rings (SSSR count). The zero-order chi connectivity index (χ0) is 12.3. The molecule has 2 aromatic rings. The highest BCUT2D eigenvalue weighted by Crippen LogP contribution is 2.09. The normalized spacial score (nSPS) is 9.56. The van der Waals surface area contributed by atoms with E-state index in [1.165, 1.54) is 23.6 Å². The summed E-state index contributed by atoms with van der Waals surface area (Å²) in [5, 5.41) is 10.7. The summed E-state index contributed by atoms with van der Waals surface area (Å²) in [6.07, 6.45) is 3.13. The van der Waals surface area contributed by atoms with E-state index in [1.54, 1.807) is 22.9 Å². The van der Waals surface area contributed by atoms with Gasteiger partial charge >= 0.3 is 5.97 Å². The van der Waals surface area contributed by atoms with E-state index in [0.29, 0.717) is 4.88 Å². The lowest BCUT2D eigenvalue weighted by molar-refractivity contribution is -0.683. The fraction of sp³-hybridized carbons (Fsp3) is 0.0833. The summed E-state index contributed by atoms with van der Waals surface area (Å²) in [6.45, 7) is 0.154. The van der Waals surface area contributed by atoms with Crippen molar-refractivity contribution in [1.82, 2.24) is 0 Å². The molecule has 4 nitrogen and oxygen atoms in total. The van der Waals surface area contributed by atoms with Crippen molar-refractivity contribution in [3.8, 4) is 0 Å². The minimum absolute atomic E-state index is 0. The van der Waals surface area contributed by atoms with Crippen LogP contribution in [0.3, 0.4) is 0 Å². The van der Waals surface area contributed by atoms with Crippen LogP contribution in [0.25, 0.3) is 0 Å². The Hall–Kier alpha value is -1.72. The maximum Gasteiger partial charge on any atom is 0.341 e. The fourth-order valence-electron chi connectivity index (χ4n) is 1.43. The van der Waals surface area contributed by atoms with Gasteiger partial charge in [-0.15, -0.1) is 11.3 Å². The first-order chi connectivity index (χ1) is 8.16. The lowest BCUT2D eigenvalue weighted by Crippen LogP contribution is -3.00. The monoisotopic (exact) mass is 283 g/mol. The van der Waals surface area contributed by atoms with Crippen LogP contribution in [0.5, 0.6) is 0 Å². The van der Waals surface area contributed by atoms with Crippen LogP contribution < -0.4 is 17.0 Å². The van der Waals surface area contributed by atoms with Crippen molar-refractivity contribution in [2.45, 2.75) is 6.54 Å². The molecule has 18 heavy (non-hydrogen) atoms. The van der Waals surface area contributed by atoms with Crippen molar-refractivity contribution in [3.63, 3.8) is 0 Å². The predicted molar refractivity (Wildman–Crippen MR) is 62.2 cm³/mol. The second-order valence-electron chi connectivity index (χ2n) is 3.47. The van der Waals surface area contributed by atoms with Gasteiger partial charge in [-0.2, -0.15) is 4.57 Å². The topological polar surface area (TPSA) is 58.2 Å². The number of Topliss-reactive ketones (excluding diaryl/α,β-unsaturated/α-hetero) is 1. The van der Waals surface area contributed by atoms with Gasteiger partial charge in [0, 0.05) is 6.07 Å². The fourth-order valence-corrected chi connectivity index (χ4v) is 2.08. The molecule has 0 fully saturated rings. The molecule has 1 N–H and O–H groups in total. The highest BCUT2D eigenvalue weighted by Gasteiger charge is 2.14. The zero-order valence-electron chi connectivity index (χ0n) is 9.25. The number of ketones is 1. The third-order valence-corrected chi connectivity index (χ3v) is 3.14. The van der Waals surface area contributed by atoms with Gasteiger partial charge in [0.2, 0.25) is 12.3 Å². The zero-order valence-corrected chi connectivity index (χ0v) is 10.8. The summed E-state index contributed by atoms with van der Waals surface area (Å²) >= 11 is 1.38. The Balaban J connectivity index is 0.00000162. The van der Waals surface area contributed by atoms with Gasteiger partial charge in [0.25, 0.3) is 0 Å². The number of hydrogen-bond donors (Lipinski definition) is 1. The van der Waals surface area contributed by atoms with Crippen molar-refractivity contribution in [2.24, 2.45) is 0 Å². The molecule has 0 aromatic carbocycles. The number of carboxylic acid groups (broad SMARTS) is 1.